The second-order valence-electron chi connectivity index (χ2n) is 6.33. The van der Waals surface area contributed by atoms with Crippen molar-refractivity contribution in [2.45, 2.75) is 0 Å². The van der Waals surface area contributed by atoms with Gasteiger partial charge >= 0.3 is 65.1 Å². The average molecular weight is 430 g/mol. The molecular weight excluding hydrogens is 418 g/mol. The van der Waals surface area contributed by atoms with Gasteiger partial charge in [-0.1, -0.05) is 54.3 Å². The quantitative estimate of drug-likeness (QED) is 0.284. The van der Waals surface area contributed by atoms with Crippen LogP contribution in [0.1, 0.15) is 20.7 Å². The van der Waals surface area contributed by atoms with E-state index >= 15 is 0 Å². The number of rotatable bonds is 4. The van der Waals surface area contributed by atoms with E-state index in [1.165, 1.54) is 18.2 Å². The molecule has 0 saturated carbocycles. The van der Waals surface area contributed by atoms with Gasteiger partial charge in [-0.15, -0.1) is 5.11 Å². The first-order valence-electron chi connectivity index (χ1n) is 8.57. The van der Waals surface area contributed by atoms with E-state index in [9.17, 15) is 24.9 Å². The number of aromatic carboxylic acids is 2. The van der Waals surface area contributed by atoms with Crippen LogP contribution in [0.5, 0.6) is 5.75 Å². The number of nitrogens with zero attached hydrogens (tertiary/aromatic N) is 2. The molecule has 4 aromatic rings. The van der Waals surface area contributed by atoms with Crippen molar-refractivity contribution >= 4 is 44.9 Å². The standard InChI is InChI=1S/C22H14N2O5.2Na/c25-20-17(22(28)29)11-14-10-13(21(26)27)8-9-16(14)19(20)24-23-18-7-3-5-12-4-1-2-6-15(12)18;;/h1-11,25H,(H,26,27)(H,28,29);;/q;2*+1/p-2. The maximum Gasteiger partial charge on any atom is 1.00 e. The summed E-state index contributed by atoms with van der Waals surface area (Å²) in [6, 6.07) is 18.0. The Morgan fingerprint density at radius 2 is 1.52 bits per heavy atom. The van der Waals surface area contributed by atoms with Crippen molar-refractivity contribution in [3.05, 3.63) is 77.9 Å². The summed E-state index contributed by atoms with van der Waals surface area (Å²) in [5.74, 6) is -3.64. The van der Waals surface area contributed by atoms with Crippen molar-refractivity contribution in [1.82, 2.24) is 0 Å². The molecular formula is C22H12N2Na2O5. The van der Waals surface area contributed by atoms with Crippen LogP contribution in [0.3, 0.4) is 0 Å². The van der Waals surface area contributed by atoms with Gasteiger partial charge in [-0.2, -0.15) is 5.11 Å². The second-order valence-corrected chi connectivity index (χ2v) is 6.33. The van der Waals surface area contributed by atoms with Crippen molar-refractivity contribution in [3.63, 3.8) is 0 Å². The second kappa shape index (κ2) is 10.4. The molecule has 0 aliphatic rings. The Balaban J connectivity index is 0.00000171. The van der Waals surface area contributed by atoms with Gasteiger partial charge in [-0.05, 0) is 34.5 Å². The Hall–Kier alpha value is -2.26. The third kappa shape index (κ3) is 4.98. The van der Waals surface area contributed by atoms with Crippen LogP contribution in [-0.2, 0) is 0 Å². The van der Waals surface area contributed by atoms with Gasteiger partial charge in [-0.3, -0.25) is 0 Å². The number of benzene rings is 4. The van der Waals surface area contributed by atoms with Crippen LogP contribution >= 0.6 is 0 Å². The number of carboxylic acids is 2. The van der Waals surface area contributed by atoms with Gasteiger partial charge in [-0.25, -0.2) is 4.79 Å². The van der Waals surface area contributed by atoms with E-state index in [1.54, 1.807) is 12.1 Å². The van der Waals surface area contributed by atoms with Crippen molar-refractivity contribution in [3.8, 4) is 5.75 Å². The SMILES string of the molecule is O=C([O-])c1ccc2c(N=Nc3cccc4ccccc34)c([O-])c(C(=O)O)cc2c1.[Na+].[Na+]. The Bertz CT molecular complexity index is 1330. The summed E-state index contributed by atoms with van der Waals surface area (Å²) >= 11 is 0. The molecule has 1 N–H and O–H groups in total. The molecule has 31 heavy (non-hydrogen) atoms. The van der Waals surface area contributed by atoms with Crippen molar-refractivity contribution in [2.24, 2.45) is 10.2 Å². The van der Waals surface area contributed by atoms with Gasteiger partial charge in [0.15, 0.2) is 0 Å². The molecule has 4 rings (SSSR count). The zero-order valence-corrected chi connectivity index (χ0v) is 20.8. The van der Waals surface area contributed by atoms with E-state index < -0.39 is 23.3 Å². The van der Waals surface area contributed by atoms with Crippen molar-refractivity contribution < 1.29 is 84.0 Å². The van der Waals surface area contributed by atoms with Crippen LogP contribution in [0.2, 0.25) is 0 Å². The Kier molecular flexibility index (Phi) is 8.36. The Morgan fingerprint density at radius 3 is 2.23 bits per heavy atom. The third-order valence-electron chi connectivity index (χ3n) is 4.56. The molecule has 0 amide bonds. The first-order valence-corrected chi connectivity index (χ1v) is 8.57. The van der Waals surface area contributed by atoms with Crippen molar-refractivity contribution in [2.75, 3.05) is 0 Å². The van der Waals surface area contributed by atoms with E-state index in [0.717, 1.165) is 16.8 Å². The number of carboxylic acid groups (broad SMARTS) is 2. The molecule has 9 heteroatoms. The first kappa shape index (κ1) is 25.0. The summed E-state index contributed by atoms with van der Waals surface area (Å²) in [7, 11) is 0. The molecule has 0 spiro atoms. The smallest absolute Gasteiger partial charge is 0.870 e. The summed E-state index contributed by atoms with van der Waals surface area (Å²) in [6.45, 7) is 0. The van der Waals surface area contributed by atoms with Crippen LogP contribution in [0.25, 0.3) is 21.5 Å². The molecule has 0 unspecified atom stereocenters. The molecule has 0 fully saturated rings. The fourth-order valence-electron chi connectivity index (χ4n) is 3.15. The molecule has 0 aromatic heterocycles. The largest absolute Gasteiger partial charge is 1.00 e. The minimum absolute atomic E-state index is 0. The van der Waals surface area contributed by atoms with Gasteiger partial charge in [0.05, 0.1) is 22.9 Å². The minimum Gasteiger partial charge on any atom is -0.870 e. The summed E-state index contributed by atoms with van der Waals surface area (Å²) in [5, 5.41) is 43.7. The fraction of sp³-hybridized carbons (Fsp3) is 0. The summed E-state index contributed by atoms with van der Waals surface area (Å²) < 4.78 is 0. The molecule has 0 heterocycles. The molecule has 142 valence electrons. The zero-order chi connectivity index (χ0) is 20.5. The number of hydrogen-bond acceptors (Lipinski definition) is 6. The molecule has 0 bridgehead atoms. The van der Waals surface area contributed by atoms with E-state index in [0.29, 0.717) is 11.1 Å². The first-order chi connectivity index (χ1) is 14.0. The fourth-order valence-corrected chi connectivity index (χ4v) is 3.15. The van der Waals surface area contributed by atoms with Crippen LogP contribution in [0.4, 0.5) is 11.4 Å². The number of hydrogen-bond donors (Lipinski definition) is 1. The average Bonchev–Trinajstić information content (AvgIpc) is 2.72. The van der Waals surface area contributed by atoms with E-state index in [1.807, 2.05) is 30.3 Å². The molecule has 0 atom stereocenters. The van der Waals surface area contributed by atoms with Gasteiger partial charge in [0.1, 0.15) is 0 Å². The summed E-state index contributed by atoms with van der Waals surface area (Å²) in [6.07, 6.45) is 0. The molecule has 0 radical (unpaired) electrons. The summed E-state index contributed by atoms with van der Waals surface area (Å²) in [5.41, 5.74) is -0.301. The monoisotopic (exact) mass is 430 g/mol. The van der Waals surface area contributed by atoms with Crippen LogP contribution < -0.4 is 69.3 Å². The Morgan fingerprint density at radius 1 is 0.806 bits per heavy atom. The molecule has 0 aliphatic heterocycles. The number of fused-ring (bicyclic) bond motifs is 2. The van der Waals surface area contributed by atoms with Gasteiger partial charge in [0.25, 0.3) is 0 Å². The maximum absolute atomic E-state index is 12.7. The van der Waals surface area contributed by atoms with E-state index in [4.69, 9.17) is 0 Å². The van der Waals surface area contributed by atoms with Gasteiger partial charge in [0.2, 0.25) is 0 Å². The Labute approximate surface area is 221 Å². The number of carbonyl (C=O) groups excluding carboxylic acids is 1. The van der Waals surface area contributed by atoms with Gasteiger partial charge < -0.3 is 20.1 Å². The maximum atomic E-state index is 12.7. The van der Waals surface area contributed by atoms with E-state index in [2.05, 4.69) is 10.2 Å². The molecule has 7 nitrogen and oxygen atoms in total. The topological polar surface area (TPSA) is 125 Å². The predicted octanol–water partition coefficient (Wildman–Crippen LogP) is -2.45. The van der Waals surface area contributed by atoms with Gasteiger partial charge in [0, 0.05) is 10.8 Å². The molecule has 0 saturated heterocycles. The minimum atomic E-state index is -1.43. The zero-order valence-electron chi connectivity index (χ0n) is 16.8. The number of carbonyl (C=O) groups is 2. The van der Waals surface area contributed by atoms with Crippen LogP contribution in [0, 0.1) is 0 Å². The van der Waals surface area contributed by atoms with Crippen LogP contribution in [0.15, 0.2) is 77.0 Å². The van der Waals surface area contributed by atoms with Crippen LogP contribution in [-0.4, -0.2) is 17.0 Å². The normalized spacial score (nSPS) is 10.6. The molecule has 4 aromatic carbocycles. The summed E-state index contributed by atoms with van der Waals surface area (Å²) in [4.78, 5) is 22.6. The number of azo groups is 1. The predicted molar refractivity (Wildman–Crippen MR) is 103 cm³/mol. The third-order valence-corrected chi connectivity index (χ3v) is 4.56. The molecule has 0 aliphatic carbocycles. The van der Waals surface area contributed by atoms with E-state index in [-0.39, 0.29) is 75.8 Å². The van der Waals surface area contributed by atoms with Crippen molar-refractivity contribution in [1.29, 1.82) is 0 Å².